The van der Waals surface area contributed by atoms with E-state index in [2.05, 4.69) is 14.9 Å². The fourth-order valence-electron chi connectivity index (χ4n) is 1.50. The van der Waals surface area contributed by atoms with Crippen molar-refractivity contribution in [2.24, 2.45) is 0 Å². The van der Waals surface area contributed by atoms with Crippen LogP contribution in [-0.4, -0.2) is 15.4 Å². The summed E-state index contributed by atoms with van der Waals surface area (Å²) in [6.45, 7) is 3.43. The Morgan fingerprint density at radius 1 is 1.44 bits per heavy atom. The van der Waals surface area contributed by atoms with Crippen LogP contribution in [0.15, 0.2) is 22.8 Å². The summed E-state index contributed by atoms with van der Waals surface area (Å²) in [4.78, 5) is 0. The lowest BCUT2D eigenvalue weighted by Crippen LogP contribution is -2.02. The zero-order valence-electron chi connectivity index (χ0n) is 10.1. The van der Waals surface area contributed by atoms with E-state index in [9.17, 15) is 9.50 Å². The number of hydrogen-bond donors (Lipinski definition) is 1. The van der Waals surface area contributed by atoms with Gasteiger partial charge in [-0.25, -0.2) is 9.02 Å². The molecule has 1 aromatic carbocycles. The number of ether oxygens (including phenoxy) is 1. The summed E-state index contributed by atoms with van der Waals surface area (Å²) in [6, 6.07) is 3.99. The highest BCUT2D eigenvalue weighted by Gasteiger charge is 2.12. The van der Waals surface area contributed by atoms with Crippen LogP contribution < -0.4 is 4.74 Å². The van der Waals surface area contributed by atoms with Gasteiger partial charge in [0.1, 0.15) is 29.6 Å². The number of hydrogen-bond acceptors (Lipinski definition) is 5. The molecule has 0 spiro atoms. The molecule has 0 amide bonds. The Balaban J connectivity index is 2.18. The molecule has 0 saturated carbocycles. The zero-order chi connectivity index (χ0) is 13.1. The number of aryl methyl sites for hydroxylation is 1. The van der Waals surface area contributed by atoms with Gasteiger partial charge in [0.15, 0.2) is 0 Å². The molecule has 0 unspecified atom stereocenters. The van der Waals surface area contributed by atoms with Gasteiger partial charge in [-0.2, -0.15) is 0 Å². The third kappa shape index (κ3) is 2.65. The maximum Gasteiger partial charge on any atom is 0.145 e. The molecule has 5 nitrogen and oxygen atoms in total. The molecule has 0 radical (unpaired) electrons. The highest BCUT2D eigenvalue weighted by Crippen LogP contribution is 2.26. The first-order valence-corrected chi connectivity index (χ1v) is 5.46. The van der Waals surface area contributed by atoms with Crippen LogP contribution in [0.4, 0.5) is 4.39 Å². The van der Waals surface area contributed by atoms with Gasteiger partial charge in [-0.05, 0) is 26.0 Å². The molecule has 0 saturated heterocycles. The molecule has 2 rings (SSSR count). The third-order valence-corrected chi connectivity index (χ3v) is 2.54. The van der Waals surface area contributed by atoms with Crippen LogP contribution in [0.5, 0.6) is 5.75 Å². The van der Waals surface area contributed by atoms with Crippen molar-refractivity contribution in [2.45, 2.75) is 26.6 Å². The molecule has 1 atom stereocenters. The number of rotatable bonds is 4. The zero-order valence-corrected chi connectivity index (χ0v) is 10.1. The van der Waals surface area contributed by atoms with Crippen molar-refractivity contribution in [1.82, 2.24) is 10.3 Å². The lowest BCUT2D eigenvalue weighted by Gasteiger charge is -2.12. The Labute approximate surface area is 103 Å². The monoisotopic (exact) mass is 252 g/mol. The van der Waals surface area contributed by atoms with E-state index in [0.29, 0.717) is 17.0 Å². The molecule has 0 fully saturated rings. The number of aromatic nitrogens is 2. The molecule has 0 aliphatic carbocycles. The molecule has 0 aliphatic rings. The topological polar surface area (TPSA) is 68.4 Å². The van der Waals surface area contributed by atoms with Crippen molar-refractivity contribution in [3.8, 4) is 5.75 Å². The van der Waals surface area contributed by atoms with Crippen molar-refractivity contribution >= 4 is 0 Å². The molecule has 96 valence electrons. The number of nitrogens with zero attached hydrogens (tertiary/aromatic N) is 2. The van der Waals surface area contributed by atoms with E-state index in [1.807, 2.05) is 0 Å². The Hall–Kier alpha value is -1.95. The predicted octanol–water partition coefficient (Wildman–Crippen LogP) is 2.15. The van der Waals surface area contributed by atoms with E-state index < -0.39 is 11.9 Å². The molecule has 1 aromatic heterocycles. The summed E-state index contributed by atoms with van der Waals surface area (Å²) in [5.41, 5.74) is 1.67. The van der Waals surface area contributed by atoms with Crippen LogP contribution in [0.2, 0.25) is 0 Å². The van der Waals surface area contributed by atoms with E-state index in [4.69, 9.17) is 4.74 Å². The summed E-state index contributed by atoms with van der Waals surface area (Å²) in [6.07, 6.45) is -0.739. The van der Waals surface area contributed by atoms with Gasteiger partial charge < -0.3 is 9.84 Å². The van der Waals surface area contributed by atoms with Crippen LogP contribution in [-0.2, 0) is 6.61 Å². The highest BCUT2D eigenvalue weighted by molar-refractivity contribution is 5.35. The van der Waals surface area contributed by atoms with Crippen molar-refractivity contribution in [3.63, 3.8) is 0 Å². The highest BCUT2D eigenvalue weighted by atomic mass is 19.1. The van der Waals surface area contributed by atoms with Gasteiger partial charge >= 0.3 is 0 Å². The summed E-state index contributed by atoms with van der Waals surface area (Å²) >= 11 is 0. The minimum absolute atomic E-state index is 0.110. The van der Waals surface area contributed by atoms with Crippen molar-refractivity contribution in [2.75, 3.05) is 0 Å². The maximum atomic E-state index is 13.1. The lowest BCUT2D eigenvalue weighted by molar-refractivity contribution is 0.189. The molecular weight excluding hydrogens is 239 g/mol. The Kier molecular flexibility index (Phi) is 3.57. The van der Waals surface area contributed by atoms with Crippen LogP contribution in [0, 0.1) is 12.7 Å². The van der Waals surface area contributed by atoms with E-state index in [1.165, 1.54) is 18.2 Å². The second kappa shape index (κ2) is 5.14. The first kappa shape index (κ1) is 12.5. The SMILES string of the molecule is Cc1nonc1COc1cc(F)ccc1[C@H](C)O. The molecular formula is C12H13FN2O3. The molecule has 2 aromatic rings. The lowest BCUT2D eigenvalue weighted by atomic mass is 10.1. The number of benzene rings is 1. The van der Waals surface area contributed by atoms with Crippen LogP contribution in [0.3, 0.4) is 0 Å². The predicted molar refractivity (Wildman–Crippen MR) is 60.4 cm³/mol. The quantitative estimate of drug-likeness (QED) is 0.902. The van der Waals surface area contributed by atoms with Gasteiger partial charge in [0.05, 0.1) is 6.10 Å². The van der Waals surface area contributed by atoms with Gasteiger partial charge in [-0.15, -0.1) is 0 Å². The van der Waals surface area contributed by atoms with Crippen LogP contribution >= 0.6 is 0 Å². The fraction of sp³-hybridized carbons (Fsp3) is 0.333. The summed E-state index contributed by atoms with van der Waals surface area (Å²) in [5, 5.41) is 16.8. The van der Waals surface area contributed by atoms with Gasteiger partial charge in [0, 0.05) is 11.6 Å². The number of halogens is 1. The number of aliphatic hydroxyl groups is 1. The standard InChI is InChI=1S/C12H13FN2O3/c1-7-11(15-18-14-7)6-17-12-5-9(13)3-4-10(12)8(2)16/h3-5,8,16H,6H2,1-2H3/t8-/m0/s1. The van der Waals surface area contributed by atoms with Gasteiger partial charge in [0.25, 0.3) is 0 Å². The van der Waals surface area contributed by atoms with Crippen molar-refractivity contribution in [3.05, 3.63) is 41.0 Å². The average molecular weight is 252 g/mol. The van der Waals surface area contributed by atoms with Crippen molar-refractivity contribution in [1.29, 1.82) is 0 Å². The minimum Gasteiger partial charge on any atom is -0.487 e. The Bertz CT molecular complexity index is 540. The molecule has 0 bridgehead atoms. The maximum absolute atomic E-state index is 13.1. The minimum atomic E-state index is -0.739. The molecule has 1 heterocycles. The Morgan fingerprint density at radius 2 is 2.22 bits per heavy atom. The fourth-order valence-corrected chi connectivity index (χ4v) is 1.50. The third-order valence-electron chi connectivity index (χ3n) is 2.54. The summed E-state index contributed by atoms with van der Waals surface area (Å²) in [5.74, 6) is -0.142. The first-order valence-electron chi connectivity index (χ1n) is 5.46. The summed E-state index contributed by atoms with van der Waals surface area (Å²) < 4.78 is 23.1. The molecule has 1 N–H and O–H groups in total. The van der Waals surface area contributed by atoms with Gasteiger partial charge in [-0.1, -0.05) is 10.3 Å². The van der Waals surface area contributed by atoms with Crippen LogP contribution in [0.1, 0.15) is 30.0 Å². The smallest absolute Gasteiger partial charge is 0.145 e. The van der Waals surface area contributed by atoms with Gasteiger partial charge in [-0.3, -0.25) is 0 Å². The van der Waals surface area contributed by atoms with Crippen molar-refractivity contribution < 1.29 is 18.9 Å². The second-order valence-corrected chi connectivity index (χ2v) is 3.94. The largest absolute Gasteiger partial charge is 0.487 e. The molecule has 0 aliphatic heterocycles. The van der Waals surface area contributed by atoms with E-state index in [0.717, 1.165) is 0 Å². The number of aliphatic hydroxyl groups excluding tert-OH is 1. The van der Waals surface area contributed by atoms with E-state index in [1.54, 1.807) is 13.8 Å². The normalized spacial score (nSPS) is 12.4. The van der Waals surface area contributed by atoms with E-state index in [-0.39, 0.29) is 12.4 Å². The summed E-state index contributed by atoms with van der Waals surface area (Å²) in [7, 11) is 0. The van der Waals surface area contributed by atoms with Crippen LogP contribution in [0.25, 0.3) is 0 Å². The average Bonchev–Trinajstić information content (AvgIpc) is 2.72. The Morgan fingerprint density at radius 3 is 2.83 bits per heavy atom. The first-order chi connectivity index (χ1) is 8.58. The van der Waals surface area contributed by atoms with E-state index >= 15 is 0 Å². The molecule has 18 heavy (non-hydrogen) atoms. The second-order valence-electron chi connectivity index (χ2n) is 3.94. The van der Waals surface area contributed by atoms with Gasteiger partial charge in [0.2, 0.25) is 0 Å². The molecule has 6 heteroatoms.